The lowest BCUT2D eigenvalue weighted by Crippen LogP contribution is -2.23. The minimum absolute atomic E-state index is 0.0759. The summed E-state index contributed by atoms with van der Waals surface area (Å²) in [4.78, 5) is 15.8. The van der Waals surface area contributed by atoms with E-state index in [1.165, 1.54) is 24.5 Å². The van der Waals surface area contributed by atoms with Crippen molar-refractivity contribution in [1.82, 2.24) is 9.55 Å². The number of nitrogens with zero attached hydrogens (tertiary/aromatic N) is 2. The van der Waals surface area contributed by atoms with Crippen LogP contribution in [0, 0.1) is 5.82 Å². The molecular formula is C12H13FN4O. The molecule has 0 bridgehead atoms. The van der Waals surface area contributed by atoms with Crippen LogP contribution in [0.1, 0.15) is 13.0 Å². The monoisotopic (exact) mass is 248 g/mol. The number of carbonyl (C=O) groups excluding carboxylic acids is 1. The number of anilines is 2. The molecule has 0 radical (unpaired) electrons. The number of carbonyl (C=O) groups is 1. The molecule has 1 atom stereocenters. The second kappa shape index (κ2) is 4.87. The number of halogens is 1. The molecule has 1 amide bonds. The number of hydrogen-bond acceptors (Lipinski definition) is 3. The highest BCUT2D eigenvalue weighted by molar-refractivity contribution is 5.94. The molecule has 0 aliphatic rings. The summed E-state index contributed by atoms with van der Waals surface area (Å²) >= 11 is 0. The summed E-state index contributed by atoms with van der Waals surface area (Å²) in [6.07, 6.45) is 4.77. The molecule has 1 aromatic heterocycles. The van der Waals surface area contributed by atoms with Crippen molar-refractivity contribution >= 4 is 17.3 Å². The largest absolute Gasteiger partial charge is 0.399 e. The molecule has 94 valence electrons. The predicted molar refractivity (Wildman–Crippen MR) is 66.4 cm³/mol. The van der Waals surface area contributed by atoms with Crippen LogP contribution in [-0.2, 0) is 4.79 Å². The summed E-state index contributed by atoms with van der Waals surface area (Å²) in [5, 5.41) is 2.50. The average molecular weight is 248 g/mol. The Bertz CT molecular complexity index is 553. The number of hydrogen-bond donors (Lipinski definition) is 2. The molecule has 1 aromatic carbocycles. The number of nitrogen functional groups attached to an aromatic ring is 1. The fourth-order valence-corrected chi connectivity index (χ4v) is 1.51. The van der Waals surface area contributed by atoms with E-state index < -0.39 is 11.9 Å². The number of benzene rings is 1. The molecule has 0 aliphatic carbocycles. The molecule has 0 saturated heterocycles. The first kappa shape index (κ1) is 12.1. The number of nitrogens with two attached hydrogens (primary N) is 1. The third-order valence-electron chi connectivity index (χ3n) is 2.60. The Morgan fingerprint density at radius 3 is 3.00 bits per heavy atom. The predicted octanol–water partition coefficient (Wildman–Crippen LogP) is 1.80. The zero-order chi connectivity index (χ0) is 13.1. The minimum atomic E-state index is -0.518. The van der Waals surface area contributed by atoms with E-state index in [4.69, 9.17) is 5.73 Å². The van der Waals surface area contributed by atoms with E-state index in [0.29, 0.717) is 5.69 Å². The van der Waals surface area contributed by atoms with Gasteiger partial charge in [-0.05, 0) is 25.1 Å². The zero-order valence-electron chi connectivity index (χ0n) is 9.80. The summed E-state index contributed by atoms with van der Waals surface area (Å²) in [7, 11) is 0. The Hall–Kier alpha value is -2.37. The summed E-state index contributed by atoms with van der Waals surface area (Å²) < 4.78 is 15.1. The average Bonchev–Trinajstić information content (AvgIpc) is 2.86. The highest BCUT2D eigenvalue weighted by Crippen LogP contribution is 2.19. The number of rotatable bonds is 3. The second-order valence-corrected chi connectivity index (χ2v) is 3.91. The lowest BCUT2D eigenvalue weighted by atomic mass is 10.2. The van der Waals surface area contributed by atoms with Crippen LogP contribution < -0.4 is 11.1 Å². The molecule has 18 heavy (non-hydrogen) atoms. The lowest BCUT2D eigenvalue weighted by molar-refractivity contribution is -0.118. The van der Waals surface area contributed by atoms with Crippen LogP contribution in [0.3, 0.4) is 0 Å². The molecular weight excluding hydrogens is 235 g/mol. The Morgan fingerprint density at radius 2 is 2.33 bits per heavy atom. The molecule has 2 rings (SSSR count). The van der Waals surface area contributed by atoms with Crippen molar-refractivity contribution in [2.45, 2.75) is 13.0 Å². The summed E-state index contributed by atoms with van der Waals surface area (Å²) in [6.45, 7) is 1.70. The fourth-order valence-electron chi connectivity index (χ4n) is 1.51. The molecule has 6 heteroatoms. The first-order valence-corrected chi connectivity index (χ1v) is 5.41. The molecule has 1 unspecified atom stereocenters. The van der Waals surface area contributed by atoms with Gasteiger partial charge in [-0.15, -0.1) is 0 Å². The minimum Gasteiger partial charge on any atom is -0.399 e. The highest BCUT2D eigenvalue weighted by Gasteiger charge is 2.15. The first-order chi connectivity index (χ1) is 8.58. The van der Waals surface area contributed by atoms with Gasteiger partial charge < -0.3 is 15.6 Å². The van der Waals surface area contributed by atoms with E-state index in [-0.39, 0.29) is 11.6 Å². The smallest absolute Gasteiger partial charge is 0.247 e. The van der Waals surface area contributed by atoms with Crippen LogP contribution in [0.15, 0.2) is 36.9 Å². The maximum atomic E-state index is 13.4. The van der Waals surface area contributed by atoms with Crippen molar-refractivity contribution in [2.24, 2.45) is 0 Å². The van der Waals surface area contributed by atoms with Gasteiger partial charge in [0.1, 0.15) is 11.9 Å². The number of aromatic nitrogens is 2. The molecule has 0 aliphatic heterocycles. The maximum Gasteiger partial charge on any atom is 0.247 e. The van der Waals surface area contributed by atoms with Crippen LogP contribution in [0.4, 0.5) is 15.8 Å². The Kier molecular flexibility index (Phi) is 3.27. The van der Waals surface area contributed by atoms with Gasteiger partial charge >= 0.3 is 0 Å². The normalized spacial score (nSPS) is 12.1. The van der Waals surface area contributed by atoms with E-state index in [2.05, 4.69) is 10.3 Å². The summed E-state index contributed by atoms with van der Waals surface area (Å²) in [5.74, 6) is -0.854. The van der Waals surface area contributed by atoms with Gasteiger partial charge in [0.05, 0.1) is 12.0 Å². The van der Waals surface area contributed by atoms with Gasteiger partial charge in [0.15, 0.2) is 0 Å². The van der Waals surface area contributed by atoms with E-state index in [1.807, 2.05) is 0 Å². The van der Waals surface area contributed by atoms with Crippen LogP contribution in [0.25, 0.3) is 0 Å². The van der Waals surface area contributed by atoms with Gasteiger partial charge in [-0.3, -0.25) is 4.79 Å². The lowest BCUT2D eigenvalue weighted by Gasteiger charge is -2.14. The molecule has 5 nitrogen and oxygen atoms in total. The van der Waals surface area contributed by atoms with Crippen molar-refractivity contribution in [3.05, 3.63) is 42.7 Å². The Morgan fingerprint density at radius 1 is 1.56 bits per heavy atom. The molecule has 0 spiro atoms. The fraction of sp³-hybridized carbons (Fsp3) is 0.167. The third-order valence-corrected chi connectivity index (χ3v) is 2.60. The topological polar surface area (TPSA) is 72.9 Å². The van der Waals surface area contributed by atoms with Crippen molar-refractivity contribution in [3.8, 4) is 0 Å². The number of imidazole rings is 1. The van der Waals surface area contributed by atoms with Crippen molar-refractivity contribution in [2.75, 3.05) is 11.1 Å². The van der Waals surface area contributed by atoms with E-state index in [0.717, 1.165) is 0 Å². The number of amides is 1. The van der Waals surface area contributed by atoms with Crippen molar-refractivity contribution in [1.29, 1.82) is 0 Å². The van der Waals surface area contributed by atoms with Crippen LogP contribution in [0.2, 0.25) is 0 Å². The van der Waals surface area contributed by atoms with Crippen LogP contribution in [-0.4, -0.2) is 15.5 Å². The summed E-state index contributed by atoms with van der Waals surface area (Å²) in [6, 6.07) is 3.55. The Labute approximate surface area is 103 Å². The van der Waals surface area contributed by atoms with Crippen LogP contribution >= 0.6 is 0 Å². The van der Waals surface area contributed by atoms with Gasteiger partial charge in [-0.1, -0.05) is 0 Å². The highest BCUT2D eigenvalue weighted by atomic mass is 19.1. The van der Waals surface area contributed by atoms with E-state index >= 15 is 0 Å². The van der Waals surface area contributed by atoms with Gasteiger partial charge in [-0.25, -0.2) is 9.37 Å². The SMILES string of the molecule is CC(C(=O)Nc1cc(N)ccc1F)n1ccnc1. The first-order valence-electron chi connectivity index (χ1n) is 5.41. The zero-order valence-corrected chi connectivity index (χ0v) is 9.80. The van der Waals surface area contributed by atoms with E-state index in [1.54, 1.807) is 23.9 Å². The molecule has 0 fully saturated rings. The van der Waals surface area contributed by atoms with Crippen LogP contribution in [0.5, 0.6) is 0 Å². The number of nitrogens with one attached hydrogen (secondary N) is 1. The van der Waals surface area contributed by atoms with E-state index in [9.17, 15) is 9.18 Å². The quantitative estimate of drug-likeness (QED) is 0.813. The second-order valence-electron chi connectivity index (χ2n) is 3.91. The molecule has 0 saturated carbocycles. The standard InChI is InChI=1S/C12H13FN4O/c1-8(17-5-4-15-7-17)12(18)16-11-6-9(14)2-3-10(11)13/h2-8H,14H2,1H3,(H,16,18). The molecule has 3 N–H and O–H groups in total. The van der Waals surface area contributed by atoms with Gasteiger partial charge in [0.25, 0.3) is 0 Å². The molecule has 2 aromatic rings. The third kappa shape index (κ3) is 2.48. The van der Waals surface area contributed by atoms with Crippen molar-refractivity contribution < 1.29 is 9.18 Å². The van der Waals surface area contributed by atoms with Crippen molar-refractivity contribution in [3.63, 3.8) is 0 Å². The van der Waals surface area contributed by atoms with Gasteiger partial charge in [-0.2, -0.15) is 0 Å². The van der Waals surface area contributed by atoms with Gasteiger partial charge in [0, 0.05) is 18.1 Å². The molecule has 1 heterocycles. The summed E-state index contributed by atoms with van der Waals surface area (Å²) in [5.41, 5.74) is 6.01. The van der Waals surface area contributed by atoms with Gasteiger partial charge in [0.2, 0.25) is 5.91 Å². The maximum absolute atomic E-state index is 13.4. The Balaban J connectivity index is 2.14.